The van der Waals surface area contributed by atoms with Crippen LogP contribution >= 0.6 is 0 Å². The smallest absolute Gasteiger partial charge is 0.289 e. The highest BCUT2D eigenvalue weighted by atomic mass is 16.2. The third-order valence-corrected chi connectivity index (χ3v) is 6.91. The number of nitrogens with zero attached hydrogens (tertiary/aromatic N) is 5. The van der Waals surface area contributed by atoms with Gasteiger partial charge >= 0.3 is 0 Å². The minimum Gasteiger partial charge on any atom is -0.345 e. The molecular weight excluding hydrogens is 400 g/mol. The van der Waals surface area contributed by atoms with Crippen LogP contribution in [0.2, 0.25) is 0 Å². The molecule has 1 amide bonds. The Kier molecular flexibility index (Phi) is 5.53. The summed E-state index contributed by atoms with van der Waals surface area (Å²) in [5, 5.41) is 11.6. The molecule has 2 aromatic carbocycles. The molecule has 166 valence electrons. The first-order chi connectivity index (χ1) is 15.5. The molecule has 0 radical (unpaired) electrons. The van der Waals surface area contributed by atoms with Gasteiger partial charge in [0.05, 0.1) is 12.1 Å². The van der Waals surface area contributed by atoms with E-state index in [2.05, 4.69) is 63.6 Å². The molecule has 5 rings (SSSR count). The minimum atomic E-state index is -0.165. The minimum absolute atomic E-state index is 0.00542. The van der Waals surface area contributed by atoms with Crippen LogP contribution in [-0.2, 0) is 26.2 Å². The summed E-state index contributed by atoms with van der Waals surface area (Å²) in [6, 6.07) is 18.7. The second-order valence-corrected chi connectivity index (χ2v) is 9.22. The van der Waals surface area contributed by atoms with Crippen LogP contribution in [0.25, 0.3) is 0 Å². The fourth-order valence-corrected chi connectivity index (χ4v) is 4.91. The lowest BCUT2D eigenvalue weighted by molar-refractivity contribution is 0.0648. The van der Waals surface area contributed by atoms with E-state index in [1.54, 1.807) is 0 Å². The van der Waals surface area contributed by atoms with Crippen molar-refractivity contribution in [2.75, 3.05) is 20.1 Å². The van der Waals surface area contributed by atoms with Crippen molar-refractivity contribution >= 4 is 5.91 Å². The van der Waals surface area contributed by atoms with Gasteiger partial charge in [0.2, 0.25) is 5.82 Å². The molecule has 0 aliphatic carbocycles. The molecule has 1 atom stereocenters. The number of aromatic nitrogens is 3. The van der Waals surface area contributed by atoms with Crippen LogP contribution in [-0.4, -0.2) is 56.1 Å². The van der Waals surface area contributed by atoms with Crippen LogP contribution in [0.15, 0.2) is 54.6 Å². The lowest BCUT2D eigenvalue weighted by atomic mass is 9.94. The van der Waals surface area contributed by atoms with Gasteiger partial charge in [-0.15, -0.1) is 10.2 Å². The molecule has 1 saturated heterocycles. The Morgan fingerprint density at radius 3 is 2.59 bits per heavy atom. The van der Waals surface area contributed by atoms with E-state index in [0.717, 1.165) is 44.0 Å². The normalized spacial score (nSPS) is 21.1. The molecule has 1 fully saturated rings. The Morgan fingerprint density at radius 1 is 1.03 bits per heavy atom. The van der Waals surface area contributed by atoms with Gasteiger partial charge in [-0.05, 0) is 31.5 Å². The molecule has 1 N–H and O–H groups in total. The molecule has 7 nitrogen and oxygen atoms in total. The number of carbonyl (C=O) groups excluding carboxylic acids is 1. The number of nitrogens with one attached hydrogen (secondary N) is 1. The Hall–Kier alpha value is -3.03. The summed E-state index contributed by atoms with van der Waals surface area (Å²) in [5.41, 5.74) is 3.70. The van der Waals surface area contributed by atoms with E-state index >= 15 is 0 Å². The van der Waals surface area contributed by atoms with Crippen molar-refractivity contribution in [1.29, 1.82) is 0 Å². The lowest BCUT2D eigenvalue weighted by Crippen LogP contribution is -2.55. The first kappa shape index (κ1) is 20.8. The van der Waals surface area contributed by atoms with E-state index in [0.29, 0.717) is 18.9 Å². The number of rotatable bonds is 5. The molecule has 1 unspecified atom stereocenters. The maximum Gasteiger partial charge on any atom is 0.289 e. The number of likely N-dealkylation sites (tertiary alicyclic amines) is 1. The van der Waals surface area contributed by atoms with Crippen molar-refractivity contribution in [3.63, 3.8) is 0 Å². The molecule has 0 saturated carbocycles. The summed E-state index contributed by atoms with van der Waals surface area (Å²) in [6.45, 7) is 7.02. The lowest BCUT2D eigenvalue weighted by Gasteiger charge is -2.42. The van der Waals surface area contributed by atoms with Crippen LogP contribution in [0.1, 0.15) is 39.6 Å². The molecule has 32 heavy (non-hydrogen) atoms. The van der Waals surface area contributed by atoms with Gasteiger partial charge in [0.25, 0.3) is 5.91 Å². The fraction of sp³-hybridized carbons (Fsp3) is 0.400. The number of likely N-dealkylation sites (N-methyl/N-ethyl adjacent to an activating group) is 1. The molecule has 0 bridgehead atoms. The molecule has 1 aromatic heterocycles. The zero-order chi connectivity index (χ0) is 22.1. The van der Waals surface area contributed by atoms with Crippen LogP contribution in [0.5, 0.6) is 0 Å². The van der Waals surface area contributed by atoms with Crippen molar-refractivity contribution in [2.45, 2.75) is 45.1 Å². The Labute approximate surface area is 189 Å². The first-order valence-corrected chi connectivity index (χ1v) is 11.3. The van der Waals surface area contributed by atoms with Crippen molar-refractivity contribution in [1.82, 2.24) is 29.9 Å². The number of hydrogen-bond donors (Lipinski definition) is 1. The van der Waals surface area contributed by atoms with E-state index in [9.17, 15) is 4.79 Å². The summed E-state index contributed by atoms with van der Waals surface area (Å²) in [7, 11) is 2.17. The van der Waals surface area contributed by atoms with Crippen molar-refractivity contribution < 1.29 is 4.79 Å². The predicted octanol–water partition coefficient (Wildman–Crippen LogP) is 2.61. The van der Waals surface area contributed by atoms with Crippen LogP contribution in [0.4, 0.5) is 0 Å². The molecular formula is C25H30N6O. The number of amides is 1. The second kappa shape index (κ2) is 8.48. The standard InChI is InChI=1S/C25H30N6O/c1-19-8-10-21(11-9-19)15-30-13-12-25(17-30)18-31-22(16-29(25)2)27-28-23(31)24(32)26-14-20-6-4-3-5-7-20/h3-11H,12-18H2,1-2H3,(H,26,32). The largest absolute Gasteiger partial charge is 0.345 e. The summed E-state index contributed by atoms with van der Waals surface area (Å²) >= 11 is 0. The van der Waals surface area contributed by atoms with Crippen molar-refractivity contribution in [2.24, 2.45) is 0 Å². The maximum atomic E-state index is 12.9. The number of carbonyl (C=O) groups is 1. The van der Waals surface area contributed by atoms with Crippen LogP contribution < -0.4 is 5.32 Å². The molecule has 1 spiro atoms. The highest BCUT2D eigenvalue weighted by Gasteiger charge is 2.46. The van der Waals surface area contributed by atoms with Gasteiger partial charge in [0, 0.05) is 32.7 Å². The fourth-order valence-electron chi connectivity index (χ4n) is 4.91. The average molecular weight is 431 g/mol. The van der Waals surface area contributed by atoms with Gasteiger partial charge in [0.15, 0.2) is 0 Å². The third kappa shape index (κ3) is 4.06. The molecule has 2 aliphatic heterocycles. The highest BCUT2D eigenvalue weighted by molar-refractivity contribution is 5.90. The Bertz CT molecular complexity index is 1090. The summed E-state index contributed by atoms with van der Waals surface area (Å²) in [6.07, 6.45) is 1.07. The van der Waals surface area contributed by atoms with E-state index in [1.165, 1.54) is 11.1 Å². The zero-order valence-electron chi connectivity index (χ0n) is 18.8. The number of fused-ring (bicyclic) bond motifs is 1. The van der Waals surface area contributed by atoms with Gasteiger partial charge in [-0.2, -0.15) is 0 Å². The average Bonchev–Trinajstić information content (AvgIpc) is 3.39. The highest BCUT2D eigenvalue weighted by Crippen LogP contribution is 2.34. The molecule has 3 aromatic rings. The molecule has 7 heteroatoms. The summed E-state index contributed by atoms with van der Waals surface area (Å²) in [4.78, 5) is 17.8. The van der Waals surface area contributed by atoms with E-state index < -0.39 is 0 Å². The second-order valence-electron chi connectivity index (χ2n) is 9.22. The third-order valence-electron chi connectivity index (χ3n) is 6.91. The van der Waals surface area contributed by atoms with E-state index in [4.69, 9.17) is 0 Å². The number of benzene rings is 2. The van der Waals surface area contributed by atoms with Gasteiger partial charge in [-0.1, -0.05) is 60.2 Å². The van der Waals surface area contributed by atoms with Gasteiger partial charge in [0.1, 0.15) is 5.82 Å². The maximum absolute atomic E-state index is 12.9. The number of hydrogen-bond acceptors (Lipinski definition) is 5. The monoisotopic (exact) mass is 430 g/mol. The SMILES string of the molecule is Cc1ccc(CN2CCC3(C2)Cn2c(nnc2C(=O)NCc2ccccc2)CN3C)cc1. The number of aryl methyl sites for hydroxylation is 1. The van der Waals surface area contributed by atoms with Crippen LogP contribution in [0.3, 0.4) is 0 Å². The van der Waals surface area contributed by atoms with Crippen LogP contribution in [0, 0.1) is 6.92 Å². The van der Waals surface area contributed by atoms with Crippen molar-refractivity contribution in [3.8, 4) is 0 Å². The topological polar surface area (TPSA) is 66.3 Å². The Balaban J connectivity index is 1.29. The predicted molar refractivity (Wildman–Crippen MR) is 123 cm³/mol. The zero-order valence-corrected chi connectivity index (χ0v) is 18.8. The van der Waals surface area contributed by atoms with E-state index in [1.807, 2.05) is 34.9 Å². The van der Waals surface area contributed by atoms with Gasteiger partial charge in [-0.25, -0.2) is 0 Å². The van der Waals surface area contributed by atoms with Gasteiger partial charge in [-0.3, -0.25) is 14.6 Å². The quantitative estimate of drug-likeness (QED) is 0.674. The summed E-state index contributed by atoms with van der Waals surface area (Å²) < 4.78 is 2.04. The Morgan fingerprint density at radius 2 is 1.81 bits per heavy atom. The molecule has 2 aliphatic rings. The first-order valence-electron chi connectivity index (χ1n) is 11.3. The van der Waals surface area contributed by atoms with Crippen molar-refractivity contribution in [3.05, 3.63) is 82.9 Å². The summed E-state index contributed by atoms with van der Waals surface area (Å²) in [5.74, 6) is 1.11. The molecule has 3 heterocycles. The van der Waals surface area contributed by atoms with Gasteiger partial charge < -0.3 is 9.88 Å². The van der Waals surface area contributed by atoms with E-state index in [-0.39, 0.29) is 11.4 Å².